The summed E-state index contributed by atoms with van der Waals surface area (Å²) in [5.41, 5.74) is 1.47. The van der Waals surface area contributed by atoms with Crippen molar-refractivity contribution in [1.29, 1.82) is 0 Å². The zero-order valence-electron chi connectivity index (χ0n) is 6.53. The number of aromatic nitrogens is 1. The van der Waals surface area contributed by atoms with Crippen LogP contribution in [0.25, 0.3) is 0 Å². The summed E-state index contributed by atoms with van der Waals surface area (Å²) < 4.78 is 0. The van der Waals surface area contributed by atoms with E-state index in [-0.39, 0.29) is 6.61 Å². The van der Waals surface area contributed by atoms with Gasteiger partial charge in [0, 0.05) is 30.6 Å². The smallest absolute Gasteiger partial charge is 0.211 e. The Hall–Kier alpha value is -1.42. The fraction of sp³-hybridized carbons (Fsp3) is 0.250. The minimum Gasteiger partial charge on any atom is -0.396 e. The van der Waals surface area contributed by atoms with Gasteiger partial charge in [0.2, 0.25) is 6.41 Å². The first kappa shape index (κ1) is 8.67. The number of carbonyl (C=O) groups excluding carboxylic acids is 1. The minimum atomic E-state index is 0.0670. The maximum absolute atomic E-state index is 10.1. The van der Waals surface area contributed by atoms with Crippen molar-refractivity contribution in [1.82, 2.24) is 4.98 Å². The number of nitrogens with one attached hydrogen (secondary N) is 1. The van der Waals surface area contributed by atoms with Gasteiger partial charge in [-0.25, -0.2) is 0 Å². The van der Waals surface area contributed by atoms with Gasteiger partial charge < -0.3 is 10.4 Å². The standard InChI is InChI=1S/C8H10N2O2/c11-4-2-8-5-7(10-6-12)1-3-9-8/h1,3,5-6,11H,2,4H2,(H,9,10,12). The van der Waals surface area contributed by atoms with E-state index < -0.39 is 0 Å². The molecular formula is C8H10N2O2. The van der Waals surface area contributed by atoms with Gasteiger partial charge in [-0.15, -0.1) is 0 Å². The van der Waals surface area contributed by atoms with Crippen LogP contribution in [0.15, 0.2) is 18.3 Å². The van der Waals surface area contributed by atoms with Crippen molar-refractivity contribution in [2.24, 2.45) is 0 Å². The normalized spacial score (nSPS) is 9.42. The van der Waals surface area contributed by atoms with Crippen LogP contribution in [0.1, 0.15) is 5.69 Å². The van der Waals surface area contributed by atoms with Crippen molar-refractivity contribution in [2.45, 2.75) is 6.42 Å². The molecule has 12 heavy (non-hydrogen) atoms. The van der Waals surface area contributed by atoms with Crippen molar-refractivity contribution in [3.8, 4) is 0 Å². The summed E-state index contributed by atoms with van der Waals surface area (Å²) in [5.74, 6) is 0. The highest BCUT2D eigenvalue weighted by Crippen LogP contribution is 2.06. The summed E-state index contributed by atoms with van der Waals surface area (Å²) in [6.07, 6.45) is 2.71. The zero-order chi connectivity index (χ0) is 8.81. The number of carbonyl (C=O) groups is 1. The molecule has 0 aliphatic heterocycles. The van der Waals surface area contributed by atoms with Crippen LogP contribution in [-0.2, 0) is 11.2 Å². The van der Waals surface area contributed by atoms with Gasteiger partial charge in [-0.2, -0.15) is 0 Å². The second kappa shape index (κ2) is 4.46. The van der Waals surface area contributed by atoms with Gasteiger partial charge in [0.1, 0.15) is 0 Å². The molecule has 1 aromatic rings. The molecule has 0 fully saturated rings. The molecule has 0 aromatic carbocycles. The Kier molecular flexibility index (Phi) is 3.22. The third kappa shape index (κ3) is 2.32. The Morgan fingerprint density at radius 3 is 3.17 bits per heavy atom. The Morgan fingerprint density at radius 2 is 2.50 bits per heavy atom. The summed E-state index contributed by atoms with van der Waals surface area (Å²) in [4.78, 5) is 14.1. The second-order valence-corrected chi connectivity index (χ2v) is 2.27. The molecule has 0 unspecified atom stereocenters. The van der Waals surface area contributed by atoms with E-state index in [4.69, 9.17) is 5.11 Å². The minimum absolute atomic E-state index is 0.0670. The van der Waals surface area contributed by atoms with Crippen LogP contribution in [0.5, 0.6) is 0 Å². The SMILES string of the molecule is O=CNc1ccnc(CCO)c1. The highest BCUT2D eigenvalue weighted by molar-refractivity contribution is 5.70. The summed E-state index contributed by atoms with van der Waals surface area (Å²) in [6.45, 7) is 0.0670. The summed E-state index contributed by atoms with van der Waals surface area (Å²) in [7, 11) is 0. The van der Waals surface area contributed by atoms with Crippen LogP contribution < -0.4 is 5.32 Å². The van der Waals surface area contributed by atoms with E-state index in [0.29, 0.717) is 18.5 Å². The fourth-order valence-corrected chi connectivity index (χ4v) is 0.887. The Balaban J connectivity index is 2.73. The molecule has 1 rings (SSSR count). The van der Waals surface area contributed by atoms with E-state index in [1.807, 2.05) is 0 Å². The lowest BCUT2D eigenvalue weighted by Crippen LogP contribution is -1.98. The maximum atomic E-state index is 10.1. The maximum Gasteiger partial charge on any atom is 0.211 e. The lowest BCUT2D eigenvalue weighted by Gasteiger charge is -2.00. The Morgan fingerprint density at radius 1 is 1.67 bits per heavy atom. The first-order chi connectivity index (χ1) is 5.86. The number of hydrogen-bond acceptors (Lipinski definition) is 3. The molecule has 0 bridgehead atoms. The molecule has 4 heteroatoms. The van der Waals surface area contributed by atoms with Crippen molar-refractivity contribution in [3.05, 3.63) is 24.0 Å². The second-order valence-electron chi connectivity index (χ2n) is 2.27. The van der Waals surface area contributed by atoms with Crippen molar-refractivity contribution < 1.29 is 9.90 Å². The fourth-order valence-electron chi connectivity index (χ4n) is 0.887. The molecule has 1 aromatic heterocycles. The number of anilines is 1. The van der Waals surface area contributed by atoms with Gasteiger partial charge in [0.05, 0.1) is 0 Å². The molecule has 4 nitrogen and oxygen atoms in total. The predicted octanol–water partition coefficient (Wildman–Crippen LogP) is 0.185. The molecule has 0 saturated carbocycles. The number of aliphatic hydroxyl groups is 1. The molecule has 64 valence electrons. The van der Waals surface area contributed by atoms with Crippen molar-refractivity contribution in [2.75, 3.05) is 11.9 Å². The third-order valence-corrected chi connectivity index (χ3v) is 1.41. The van der Waals surface area contributed by atoms with E-state index in [0.717, 1.165) is 5.69 Å². The van der Waals surface area contributed by atoms with Crippen LogP contribution in [0.4, 0.5) is 5.69 Å². The summed E-state index contributed by atoms with van der Waals surface area (Å²) >= 11 is 0. The average molecular weight is 166 g/mol. The zero-order valence-corrected chi connectivity index (χ0v) is 6.53. The Bertz CT molecular complexity index is 263. The largest absolute Gasteiger partial charge is 0.396 e. The topological polar surface area (TPSA) is 62.2 Å². The summed E-state index contributed by atoms with van der Waals surface area (Å²) in [6, 6.07) is 3.42. The third-order valence-electron chi connectivity index (χ3n) is 1.41. The van der Waals surface area contributed by atoms with Gasteiger partial charge in [-0.05, 0) is 12.1 Å². The van der Waals surface area contributed by atoms with Gasteiger partial charge in [0.25, 0.3) is 0 Å². The van der Waals surface area contributed by atoms with E-state index in [1.165, 1.54) is 0 Å². The number of hydrogen-bond donors (Lipinski definition) is 2. The molecular weight excluding hydrogens is 156 g/mol. The van der Waals surface area contributed by atoms with Crippen molar-refractivity contribution in [3.63, 3.8) is 0 Å². The van der Waals surface area contributed by atoms with Crippen LogP contribution >= 0.6 is 0 Å². The molecule has 1 amide bonds. The number of rotatable bonds is 4. The molecule has 0 aliphatic rings. The van der Waals surface area contributed by atoms with Gasteiger partial charge >= 0.3 is 0 Å². The monoisotopic (exact) mass is 166 g/mol. The first-order valence-electron chi connectivity index (χ1n) is 3.63. The van der Waals surface area contributed by atoms with Crippen LogP contribution in [0.3, 0.4) is 0 Å². The van der Waals surface area contributed by atoms with Crippen LogP contribution in [0.2, 0.25) is 0 Å². The number of nitrogens with zero attached hydrogens (tertiary/aromatic N) is 1. The number of aliphatic hydroxyl groups excluding tert-OH is 1. The molecule has 2 N–H and O–H groups in total. The highest BCUT2D eigenvalue weighted by atomic mass is 16.3. The van der Waals surface area contributed by atoms with Gasteiger partial charge in [0.15, 0.2) is 0 Å². The lowest BCUT2D eigenvalue weighted by molar-refractivity contribution is -0.105. The lowest BCUT2D eigenvalue weighted by atomic mass is 10.2. The molecule has 0 atom stereocenters. The molecule has 0 saturated heterocycles. The van der Waals surface area contributed by atoms with Gasteiger partial charge in [-0.1, -0.05) is 0 Å². The van der Waals surface area contributed by atoms with E-state index in [1.54, 1.807) is 18.3 Å². The highest BCUT2D eigenvalue weighted by Gasteiger charge is 1.94. The summed E-state index contributed by atoms with van der Waals surface area (Å²) in [5, 5.41) is 11.1. The quantitative estimate of drug-likeness (QED) is 0.627. The van der Waals surface area contributed by atoms with E-state index in [9.17, 15) is 4.79 Å². The van der Waals surface area contributed by atoms with Crippen LogP contribution in [0, 0.1) is 0 Å². The number of amides is 1. The number of pyridine rings is 1. The predicted molar refractivity (Wildman–Crippen MR) is 44.7 cm³/mol. The molecule has 0 aliphatic carbocycles. The van der Waals surface area contributed by atoms with E-state index in [2.05, 4.69) is 10.3 Å². The average Bonchev–Trinajstić information content (AvgIpc) is 2.06. The van der Waals surface area contributed by atoms with Gasteiger partial charge in [-0.3, -0.25) is 9.78 Å². The molecule has 1 heterocycles. The molecule has 0 radical (unpaired) electrons. The van der Waals surface area contributed by atoms with Crippen molar-refractivity contribution >= 4 is 12.1 Å². The van der Waals surface area contributed by atoms with E-state index >= 15 is 0 Å². The first-order valence-corrected chi connectivity index (χ1v) is 3.63. The molecule has 0 spiro atoms. The Labute approximate surface area is 70.3 Å². The van der Waals surface area contributed by atoms with Crippen LogP contribution in [-0.4, -0.2) is 23.1 Å².